The van der Waals surface area contributed by atoms with Gasteiger partial charge in [-0.3, -0.25) is 0 Å². The highest BCUT2D eigenvalue weighted by Gasteiger charge is 2.15. The zero-order valence-corrected chi connectivity index (χ0v) is 14.3. The molecule has 3 heteroatoms. The number of pyridine rings is 1. The van der Waals surface area contributed by atoms with Crippen LogP contribution in [-0.2, 0) is 6.42 Å². The number of ether oxygens (including phenoxy) is 2. The van der Waals surface area contributed by atoms with Crippen molar-refractivity contribution in [3.05, 3.63) is 77.9 Å². The van der Waals surface area contributed by atoms with Crippen molar-refractivity contribution in [3.8, 4) is 11.8 Å². The van der Waals surface area contributed by atoms with Crippen molar-refractivity contribution < 1.29 is 9.47 Å². The molecule has 0 saturated heterocycles. The van der Waals surface area contributed by atoms with E-state index in [0.717, 1.165) is 22.8 Å². The summed E-state index contributed by atoms with van der Waals surface area (Å²) in [5.41, 5.74) is 2.31. The first-order chi connectivity index (χ1) is 12.3. The summed E-state index contributed by atoms with van der Waals surface area (Å²) in [6, 6.07) is 23.1. The molecule has 124 valence electrons. The van der Waals surface area contributed by atoms with Crippen molar-refractivity contribution in [2.75, 3.05) is 14.2 Å². The van der Waals surface area contributed by atoms with E-state index in [1.165, 1.54) is 16.3 Å². The van der Waals surface area contributed by atoms with Gasteiger partial charge in [0.2, 0.25) is 11.8 Å². The van der Waals surface area contributed by atoms with Gasteiger partial charge in [0.05, 0.1) is 14.2 Å². The number of nitrogens with zero attached hydrogens (tertiary/aromatic N) is 1. The van der Waals surface area contributed by atoms with Gasteiger partial charge in [-0.2, -0.15) is 4.98 Å². The third-order valence-corrected chi connectivity index (χ3v) is 4.53. The fraction of sp³-hybridized carbons (Fsp3) is 0.136. The molecule has 0 spiro atoms. The van der Waals surface area contributed by atoms with Gasteiger partial charge in [-0.25, -0.2) is 0 Å². The first kappa shape index (κ1) is 15.5. The Morgan fingerprint density at radius 3 is 2.16 bits per heavy atom. The van der Waals surface area contributed by atoms with E-state index < -0.39 is 0 Å². The van der Waals surface area contributed by atoms with Crippen LogP contribution in [-0.4, -0.2) is 19.2 Å². The second kappa shape index (κ2) is 6.44. The molecule has 0 unspecified atom stereocenters. The molecular weight excluding hydrogens is 310 g/mol. The number of methoxy groups -OCH3 is 2. The van der Waals surface area contributed by atoms with E-state index in [1.54, 1.807) is 14.2 Å². The average molecular weight is 329 g/mol. The van der Waals surface area contributed by atoms with Crippen molar-refractivity contribution in [1.82, 2.24) is 4.98 Å². The van der Waals surface area contributed by atoms with Gasteiger partial charge in [-0.15, -0.1) is 0 Å². The van der Waals surface area contributed by atoms with Crippen molar-refractivity contribution in [2.45, 2.75) is 6.42 Å². The lowest BCUT2D eigenvalue weighted by molar-refractivity contribution is 0.366. The molecule has 0 aliphatic rings. The molecule has 4 aromatic rings. The molecule has 3 nitrogen and oxygen atoms in total. The number of rotatable bonds is 4. The molecule has 3 aromatic carbocycles. The van der Waals surface area contributed by atoms with E-state index in [4.69, 9.17) is 9.47 Å². The molecule has 4 rings (SSSR count). The standard InChI is InChI=1S/C22H19NO2/c1-24-21-19-10-6-5-9-18(19)20(22(23-21)25-2)14-15-11-12-16-7-3-4-8-17(16)13-15/h3-13H,14H2,1-2H3. The number of hydrogen-bond donors (Lipinski definition) is 0. The van der Waals surface area contributed by atoms with Crippen molar-refractivity contribution in [3.63, 3.8) is 0 Å². The number of aromatic nitrogens is 1. The molecule has 0 bridgehead atoms. The summed E-state index contributed by atoms with van der Waals surface area (Å²) in [4.78, 5) is 4.55. The predicted molar refractivity (Wildman–Crippen MR) is 102 cm³/mol. The van der Waals surface area contributed by atoms with Crippen molar-refractivity contribution >= 4 is 21.5 Å². The molecule has 0 radical (unpaired) electrons. The monoisotopic (exact) mass is 329 g/mol. The summed E-state index contributed by atoms with van der Waals surface area (Å²) in [7, 11) is 3.29. The van der Waals surface area contributed by atoms with Crippen LogP contribution in [0, 0.1) is 0 Å². The van der Waals surface area contributed by atoms with Crippen LogP contribution in [0.4, 0.5) is 0 Å². The lowest BCUT2D eigenvalue weighted by atomic mass is 9.98. The highest BCUT2D eigenvalue weighted by Crippen LogP contribution is 2.34. The zero-order chi connectivity index (χ0) is 17.2. The molecule has 0 aliphatic heterocycles. The SMILES string of the molecule is COc1nc(OC)c2ccccc2c1Cc1ccc2ccccc2c1. The smallest absolute Gasteiger partial charge is 0.224 e. The van der Waals surface area contributed by atoms with E-state index >= 15 is 0 Å². The van der Waals surface area contributed by atoms with Crippen LogP contribution in [0.1, 0.15) is 11.1 Å². The lowest BCUT2D eigenvalue weighted by Crippen LogP contribution is -2.01. The van der Waals surface area contributed by atoms with E-state index in [2.05, 4.69) is 53.5 Å². The quantitative estimate of drug-likeness (QED) is 0.528. The molecule has 0 aliphatic carbocycles. The molecule has 0 amide bonds. The Bertz CT molecular complexity index is 1060. The minimum Gasteiger partial charge on any atom is -0.481 e. The maximum absolute atomic E-state index is 5.56. The summed E-state index contributed by atoms with van der Waals surface area (Å²) in [6.07, 6.45) is 0.755. The largest absolute Gasteiger partial charge is 0.481 e. The fourth-order valence-corrected chi connectivity index (χ4v) is 3.32. The van der Waals surface area contributed by atoms with Crippen LogP contribution in [0.25, 0.3) is 21.5 Å². The maximum Gasteiger partial charge on any atom is 0.224 e. The van der Waals surface area contributed by atoms with Gasteiger partial charge in [-0.1, -0.05) is 60.7 Å². The third kappa shape index (κ3) is 2.78. The van der Waals surface area contributed by atoms with Gasteiger partial charge in [-0.05, 0) is 27.8 Å². The Balaban J connectivity index is 1.87. The predicted octanol–water partition coefficient (Wildman–Crippen LogP) is 5.00. The zero-order valence-electron chi connectivity index (χ0n) is 14.3. The highest BCUT2D eigenvalue weighted by molar-refractivity contribution is 5.91. The van der Waals surface area contributed by atoms with Gasteiger partial charge in [0.15, 0.2) is 0 Å². The van der Waals surface area contributed by atoms with Gasteiger partial charge < -0.3 is 9.47 Å². The topological polar surface area (TPSA) is 31.4 Å². The van der Waals surface area contributed by atoms with Crippen LogP contribution in [0.15, 0.2) is 66.7 Å². The Kier molecular flexibility index (Phi) is 3.98. The summed E-state index contributed by atoms with van der Waals surface area (Å²) >= 11 is 0. The molecule has 1 heterocycles. The van der Waals surface area contributed by atoms with E-state index in [-0.39, 0.29) is 0 Å². The van der Waals surface area contributed by atoms with E-state index in [1.807, 2.05) is 18.2 Å². The number of fused-ring (bicyclic) bond motifs is 2. The second-order valence-corrected chi connectivity index (χ2v) is 6.01. The van der Waals surface area contributed by atoms with Crippen LogP contribution < -0.4 is 9.47 Å². The Morgan fingerprint density at radius 2 is 1.40 bits per heavy atom. The molecule has 0 saturated carbocycles. The summed E-state index contributed by atoms with van der Waals surface area (Å²) in [6.45, 7) is 0. The van der Waals surface area contributed by atoms with Crippen molar-refractivity contribution in [2.24, 2.45) is 0 Å². The fourth-order valence-electron chi connectivity index (χ4n) is 3.32. The van der Waals surface area contributed by atoms with Crippen molar-refractivity contribution in [1.29, 1.82) is 0 Å². The maximum atomic E-state index is 5.56. The molecule has 1 aromatic heterocycles. The van der Waals surface area contributed by atoms with Gasteiger partial charge in [0, 0.05) is 17.4 Å². The van der Waals surface area contributed by atoms with Gasteiger partial charge >= 0.3 is 0 Å². The Labute approximate surface area is 146 Å². The highest BCUT2D eigenvalue weighted by atomic mass is 16.5. The summed E-state index contributed by atoms with van der Waals surface area (Å²) in [5.74, 6) is 1.21. The minimum atomic E-state index is 0.592. The molecule has 0 fully saturated rings. The second-order valence-electron chi connectivity index (χ2n) is 6.01. The normalized spacial score (nSPS) is 11.0. The van der Waals surface area contributed by atoms with Crippen LogP contribution in [0.5, 0.6) is 11.8 Å². The van der Waals surface area contributed by atoms with E-state index in [0.29, 0.717) is 11.8 Å². The van der Waals surface area contributed by atoms with Gasteiger partial charge in [0.1, 0.15) is 0 Å². The Morgan fingerprint density at radius 1 is 0.720 bits per heavy atom. The molecular formula is C22H19NO2. The summed E-state index contributed by atoms with van der Waals surface area (Å²) in [5, 5.41) is 4.60. The minimum absolute atomic E-state index is 0.592. The van der Waals surface area contributed by atoms with Gasteiger partial charge in [0.25, 0.3) is 0 Å². The number of benzene rings is 3. The van der Waals surface area contributed by atoms with E-state index in [9.17, 15) is 0 Å². The lowest BCUT2D eigenvalue weighted by Gasteiger charge is -2.14. The summed E-state index contributed by atoms with van der Waals surface area (Å²) < 4.78 is 11.0. The number of hydrogen-bond acceptors (Lipinski definition) is 3. The van der Waals surface area contributed by atoms with Crippen LogP contribution >= 0.6 is 0 Å². The van der Waals surface area contributed by atoms with Crippen LogP contribution in [0.3, 0.4) is 0 Å². The average Bonchev–Trinajstić information content (AvgIpc) is 2.68. The Hall–Kier alpha value is -3.07. The third-order valence-electron chi connectivity index (χ3n) is 4.53. The molecule has 25 heavy (non-hydrogen) atoms. The first-order valence-corrected chi connectivity index (χ1v) is 8.27. The molecule has 0 atom stereocenters. The van der Waals surface area contributed by atoms with Crippen LogP contribution in [0.2, 0.25) is 0 Å². The molecule has 0 N–H and O–H groups in total. The first-order valence-electron chi connectivity index (χ1n) is 8.27.